The van der Waals surface area contributed by atoms with E-state index in [2.05, 4.69) is 35.1 Å². The summed E-state index contributed by atoms with van der Waals surface area (Å²) in [5, 5.41) is 27.9. The third-order valence-corrected chi connectivity index (χ3v) is 7.93. The molecule has 3 heterocycles. The molecule has 37 heavy (non-hydrogen) atoms. The van der Waals surface area contributed by atoms with E-state index in [1.54, 1.807) is 0 Å². The molecule has 4 rings (SSSR count). The summed E-state index contributed by atoms with van der Waals surface area (Å²) in [5.41, 5.74) is 0.191. The van der Waals surface area contributed by atoms with Crippen LogP contribution in [0.5, 0.6) is 0 Å². The SMILES string of the molecule is COCC(OC[C@H]1O[C@@H](n2nnc3c(NC4CCCC4)nc(Cl)nc32)[C@H](O)[C@@H]1O)(C(F)(F)F)P(=O)(O)O. The second-order valence-corrected chi connectivity index (χ2v) is 10.9. The number of aromatic nitrogens is 5. The minimum absolute atomic E-state index is 0.0116. The van der Waals surface area contributed by atoms with Crippen molar-refractivity contribution in [3.63, 3.8) is 0 Å². The van der Waals surface area contributed by atoms with Gasteiger partial charge in [-0.15, -0.1) is 5.10 Å². The molecule has 1 aliphatic heterocycles. The molecule has 2 aliphatic rings. The van der Waals surface area contributed by atoms with Gasteiger partial charge in [0.1, 0.15) is 18.3 Å². The first kappa shape index (κ1) is 28.3. The number of nitrogens with one attached hydrogen (secondary N) is 1. The van der Waals surface area contributed by atoms with Gasteiger partial charge < -0.3 is 39.5 Å². The molecule has 0 aromatic carbocycles. The van der Waals surface area contributed by atoms with E-state index in [0.717, 1.165) is 37.5 Å². The highest BCUT2D eigenvalue weighted by molar-refractivity contribution is 7.53. The molecule has 19 heteroatoms. The first-order valence-corrected chi connectivity index (χ1v) is 13.1. The average Bonchev–Trinajstić information content (AvgIpc) is 3.51. The molecule has 1 aliphatic carbocycles. The second-order valence-electron chi connectivity index (χ2n) is 8.79. The Labute approximate surface area is 212 Å². The summed E-state index contributed by atoms with van der Waals surface area (Å²) >= 11 is 6.06. The van der Waals surface area contributed by atoms with Gasteiger partial charge in [-0.1, -0.05) is 18.1 Å². The number of fused-ring (bicyclic) bond motifs is 1. The van der Waals surface area contributed by atoms with Gasteiger partial charge in [0.05, 0.1) is 13.2 Å². The number of alkyl halides is 3. The zero-order valence-electron chi connectivity index (χ0n) is 19.2. The molecule has 5 N–H and O–H groups in total. The highest BCUT2D eigenvalue weighted by Gasteiger charge is 2.68. The average molecular weight is 577 g/mol. The summed E-state index contributed by atoms with van der Waals surface area (Å²) in [4.78, 5) is 27.1. The van der Waals surface area contributed by atoms with Crippen LogP contribution >= 0.6 is 19.2 Å². The summed E-state index contributed by atoms with van der Waals surface area (Å²) < 4.78 is 68.4. The molecule has 0 radical (unpaired) electrons. The lowest BCUT2D eigenvalue weighted by Crippen LogP contribution is -2.52. The number of nitrogens with zero attached hydrogens (tertiary/aromatic N) is 5. The molecule has 2 aromatic heterocycles. The van der Waals surface area contributed by atoms with Crippen LogP contribution in [0.3, 0.4) is 0 Å². The monoisotopic (exact) mass is 576 g/mol. The number of aliphatic hydroxyl groups is 2. The van der Waals surface area contributed by atoms with Crippen molar-refractivity contribution in [3.8, 4) is 0 Å². The molecule has 14 nitrogen and oxygen atoms in total. The van der Waals surface area contributed by atoms with Crippen molar-refractivity contribution in [2.24, 2.45) is 0 Å². The van der Waals surface area contributed by atoms with Crippen LogP contribution in [0.4, 0.5) is 19.0 Å². The van der Waals surface area contributed by atoms with Crippen molar-refractivity contribution in [1.82, 2.24) is 25.0 Å². The van der Waals surface area contributed by atoms with Crippen LogP contribution in [-0.2, 0) is 18.8 Å². The molecule has 208 valence electrons. The Morgan fingerprint density at radius 3 is 2.49 bits per heavy atom. The number of hydrogen-bond donors (Lipinski definition) is 5. The van der Waals surface area contributed by atoms with Crippen LogP contribution < -0.4 is 5.32 Å². The van der Waals surface area contributed by atoms with Gasteiger partial charge in [0.15, 0.2) is 23.2 Å². The lowest BCUT2D eigenvalue weighted by Gasteiger charge is -2.35. The normalized spacial score (nSPS) is 27.2. The summed E-state index contributed by atoms with van der Waals surface area (Å²) in [6.07, 6.45) is -8.40. The smallest absolute Gasteiger partial charge is 0.387 e. The topological polar surface area (TPSA) is 194 Å². The predicted molar refractivity (Wildman–Crippen MR) is 119 cm³/mol. The van der Waals surface area contributed by atoms with E-state index in [9.17, 15) is 37.7 Å². The maximum atomic E-state index is 13.7. The Morgan fingerprint density at radius 1 is 1.22 bits per heavy atom. The first-order chi connectivity index (χ1) is 17.3. The molecule has 1 saturated carbocycles. The van der Waals surface area contributed by atoms with Crippen molar-refractivity contribution in [2.75, 3.05) is 25.6 Å². The molecule has 1 saturated heterocycles. The standard InChI is InChI=1S/C18H25ClF3N6O8P/c1-34-7-17(18(20,21)22,37(31,32)33)35-6-9-11(29)12(30)15(36-9)28-14-10(26-27-28)13(24-16(19)25-14)23-8-4-2-3-5-8/h8-9,11-12,15,29-30H,2-7H2,1H3,(H,23,24,25)(H2,31,32,33)/t9-,11-,12-,15-,17?/m1/s1. The number of hydrogen-bond acceptors (Lipinski definition) is 11. The Kier molecular flexibility index (Phi) is 8.01. The predicted octanol–water partition coefficient (Wildman–Crippen LogP) is 0.948. The fraction of sp³-hybridized carbons (Fsp3) is 0.778. The van der Waals surface area contributed by atoms with Crippen LogP contribution in [0.25, 0.3) is 11.2 Å². The van der Waals surface area contributed by atoms with Crippen LogP contribution in [0.1, 0.15) is 31.9 Å². The molecular weight excluding hydrogens is 552 g/mol. The van der Waals surface area contributed by atoms with E-state index in [1.807, 2.05) is 0 Å². The van der Waals surface area contributed by atoms with Gasteiger partial charge in [-0.05, 0) is 24.4 Å². The van der Waals surface area contributed by atoms with Gasteiger partial charge in [-0.3, -0.25) is 4.57 Å². The number of ether oxygens (including phenoxy) is 3. The maximum Gasteiger partial charge on any atom is 0.431 e. The summed E-state index contributed by atoms with van der Waals surface area (Å²) in [7, 11) is -5.19. The second kappa shape index (κ2) is 10.5. The van der Waals surface area contributed by atoms with E-state index in [1.165, 1.54) is 0 Å². The minimum atomic E-state index is -5.99. The molecule has 0 amide bonds. The zero-order valence-corrected chi connectivity index (χ0v) is 20.9. The highest BCUT2D eigenvalue weighted by atomic mass is 35.5. The Morgan fingerprint density at radius 2 is 1.89 bits per heavy atom. The fourth-order valence-electron chi connectivity index (χ4n) is 4.36. The third-order valence-electron chi connectivity index (χ3n) is 6.31. The molecule has 5 atom stereocenters. The molecule has 2 fully saturated rings. The van der Waals surface area contributed by atoms with Crippen molar-refractivity contribution in [2.45, 2.75) is 67.8 Å². The zero-order chi connectivity index (χ0) is 27.2. The van der Waals surface area contributed by atoms with Gasteiger partial charge in [-0.2, -0.15) is 27.8 Å². The van der Waals surface area contributed by atoms with Crippen LogP contribution in [0.15, 0.2) is 0 Å². The van der Waals surface area contributed by atoms with E-state index in [-0.39, 0.29) is 28.3 Å². The van der Waals surface area contributed by atoms with Gasteiger partial charge in [0.2, 0.25) is 5.28 Å². The number of anilines is 1. The lowest BCUT2D eigenvalue weighted by molar-refractivity contribution is -0.267. The summed E-state index contributed by atoms with van der Waals surface area (Å²) in [6.45, 7) is -2.70. The van der Waals surface area contributed by atoms with Crippen molar-refractivity contribution < 1.29 is 51.9 Å². The van der Waals surface area contributed by atoms with E-state index in [0.29, 0.717) is 0 Å². The number of aliphatic hydroxyl groups excluding tert-OH is 2. The van der Waals surface area contributed by atoms with E-state index < -0.39 is 56.9 Å². The maximum absolute atomic E-state index is 13.7. The highest BCUT2D eigenvalue weighted by Crippen LogP contribution is 2.59. The number of halogens is 4. The van der Waals surface area contributed by atoms with Crippen molar-refractivity contribution in [1.29, 1.82) is 0 Å². The molecular formula is C18H25ClF3N6O8P. The van der Waals surface area contributed by atoms with Gasteiger partial charge in [0.25, 0.3) is 5.34 Å². The van der Waals surface area contributed by atoms with E-state index >= 15 is 0 Å². The third kappa shape index (κ3) is 5.29. The van der Waals surface area contributed by atoms with Crippen molar-refractivity contribution in [3.05, 3.63) is 5.28 Å². The van der Waals surface area contributed by atoms with Gasteiger partial charge >= 0.3 is 13.8 Å². The lowest BCUT2D eigenvalue weighted by atomic mass is 10.1. The van der Waals surface area contributed by atoms with Gasteiger partial charge in [-0.25, -0.2) is 0 Å². The number of methoxy groups -OCH3 is 1. The Bertz CT molecular complexity index is 1160. The Balaban J connectivity index is 1.58. The molecule has 0 bridgehead atoms. The molecule has 2 aromatic rings. The van der Waals surface area contributed by atoms with Crippen molar-refractivity contribution >= 4 is 36.2 Å². The minimum Gasteiger partial charge on any atom is -0.387 e. The van der Waals surface area contributed by atoms with Crippen LogP contribution in [0, 0.1) is 0 Å². The molecule has 0 spiro atoms. The van der Waals surface area contributed by atoms with Crippen LogP contribution in [-0.4, -0.2) is 101 Å². The Hall–Kier alpha value is -1.69. The summed E-state index contributed by atoms with van der Waals surface area (Å²) in [6, 6.07) is 0.131. The van der Waals surface area contributed by atoms with E-state index in [4.69, 9.17) is 16.3 Å². The number of rotatable bonds is 9. The molecule has 1 unspecified atom stereocenters. The quantitative estimate of drug-likeness (QED) is 0.209. The van der Waals surface area contributed by atoms with Crippen LogP contribution in [0.2, 0.25) is 5.28 Å². The first-order valence-electron chi connectivity index (χ1n) is 11.1. The van der Waals surface area contributed by atoms with Gasteiger partial charge in [0, 0.05) is 13.2 Å². The fourth-order valence-corrected chi connectivity index (χ4v) is 5.40. The largest absolute Gasteiger partial charge is 0.431 e. The summed E-state index contributed by atoms with van der Waals surface area (Å²) in [5.74, 6) is 0.289.